The van der Waals surface area contributed by atoms with Gasteiger partial charge in [0.2, 0.25) is 0 Å². The largest absolute Gasteiger partial charge is 0.378 e. The van der Waals surface area contributed by atoms with E-state index in [1.807, 2.05) is 0 Å². The van der Waals surface area contributed by atoms with E-state index < -0.39 is 0 Å². The summed E-state index contributed by atoms with van der Waals surface area (Å²) in [6.07, 6.45) is 9.94. The van der Waals surface area contributed by atoms with E-state index in [2.05, 4.69) is 24.1 Å². The molecular formula is C17H34N2O. The molecule has 0 radical (unpaired) electrons. The van der Waals surface area contributed by atoms with Crippen LogP contribution in [0.2, 0.25) is 0 Å². The highest BCUT2D eigenvalue weighted by Crippen LogP contribution is 2.38. The summed E-state index contributed by atoms with van der Waals surface area (Å²) in [4.78, 5) is 2.70. The zero-order valence-corrected chi connectivity index (χ0v) is 13.6. The van der Waals surface area contributed by atoms with Crippen LogP contribution < -0.4 is 5.32 Å². The second-order valence-corrected chi connectivity index (χ2v) is 6.81. The molecule has 1 saturated carbocycles. The summed E-state index contributed by atoms with van der Waals surface area (Å²) in [5, 5.41) is 3.69. The number of hydrogen-bond donors (Lipinski definition) is 1. The Morgan fingerprint density at radius 3 is 2.45 bits per heavy atom. The van der Waals surface area contributed by atoms with E-state index in [4.69, 9.17) is 4.74 Å². The molecule has 2 fully saturated rings. The third-order valence-electron chi connectivity index (χ3n) is 5.09. The minimum Gasteiger partial charge on any atom is -0.378 e. The molecule has 0 aromatic heterocycles. The van der Waals surface area contributed by atoms with Gasteiger partial charge in [-0.05, 0) is 51.0 Å². The van der Waals surface area contributed by atoms with Gasteiger partial charge in [-0.3, -0.25) is 0 Å². The average Bonchev–Trinajstić information content (AvgIpc) is 2.90. The van der Waals surface area contributed by atoms with Gasteiger partial charge in [0.15, 0.2) is 0 Å². The molecule has 0 atom stereocenters. The third-order valence-corrected chi connectivity index (χ3v) is 5.09. The minimum atomic E-state index is 0.522. The van der Waals surface area contributed by atoms with Crippen LogP contribution in [-0.2, 0) is 4.74 Å². The van der Waals surface area contributed by atoms with Crippen LogP contribution >= 0.6 is 0 Å². The molecule has 1 N–H and O–H groups in total. The SMILES string of the molecule is CCCNCC1(CN2CCC(OCC)CC2)CCCC1. The lowest BCUT2D eigenvalue weighted by atomic mass is 9.84. The highest BCUT2D eigenvalue weighted by molar-refractivity contribution is 4.90. The lowest BCUT2D eigenvalue weighted by Gasteiger charge is -2.39. The monoisotopic (exact) mass is 282 g/mol. The molecule has 118 valence electrons. The molecule has 1 saturated heterocycles. The summed E-state index contributed by atoms with van der Waals surface area (Å²) in [6, 6.07) is 0. The Morgan fingerprint density at radius 1 is 1.15 bits per heavy atom. The second-order valence-electron chi connectivity index (χ2n) is 6.81. The van der Waals surface area contributed by atoms with Crippen LogP contribution in [0.25, 0.3) is 0 Å². The first-order chi connectivity index (χ1) is 9.78. The van der Waals surface area contributed by atoms with Crippen LogP contribution in [0.1, 0.15) is 58.8 Å². The van der Waals surface area contributed by atoms with Gasteiger partial charge in [-0.2, -0.15) is 0 Å². The van der Waals surface area contributed by atoms with E-state index >= 15 is 0 Å². The maximum absolute atomic E-state index is 5.77. The smallest absolute Gasteiger partial charge is 0.0599 e. The zero-order valence-electron chi connectivity index (χ0n) is 13.6. The van der Waals surface area contributed by atoms with Crippen molar-refractivity contribution in [2.45, 2.75) is 64.9 Å². The van der Waals surface area contributed by atoms with Crippen molar-refractivity contribution >= 4 is 0 Å². The van der Waals surface area contributed by atoms with Crippen molar-refractivity contribution in [3.8, 4) is 0 Å². The van der Waals surface area contributed by atoms with Crippen LogP contribution in [0.4, 0.5) is 0 Å². The van der Waals surface area contributed by atoms with Gasteiger partial charge in [-0.25, -0.2) is 0 Å². The van der Waals surface area contributed by atoms with Crippen LogP contribution in [0.3, 0.4) is 0 Å². The van der Waals surface area contributed by atoms with Gasteiger partial charge in [0, 0.05) is 32.8 Å². The first-order valence-electron chi connectivity index (χ1n) is 8.83. The quantitative estimate of drug-likeness (QED) is 0.693. The molecule has 1 aliphatic carbocycles. The third kappa shape index (κ3) is 4.71. The Kier molecular flexibility index (Phi) is 6.79. The van der Waals surface area contributed by atoms with Crippen LogP contribution in [0, 0.1) is 5.41 Å². The Bertz CT molecular complexity index is 256. The van der Waals surface area contributed by atoms with E-state index in [-0.39, 0.29) is 0 Å². The van der Waals surface area contributed by atoms with E-state index in [1.54, 1.807) is 0 Å². The fourth-order valence-corrected chi connectivity index (χ4v) is 3.99. The normalized spacial score (nSPS) is 24.3. The molecule has 0 unspecified atom stereocenters. The molecule has 2 rings (SSSR count). The first kappa shape index (κ1) is 16.3. The molecule has 3 heteroatoms. The van der Waals surface area contributed by atoms with E-state index in [1.165, 1.54) is 77.7 Å². The van der Waals surface area contributed by atoms with Crippen molar-refractivity contribution < 1.29 is 4.74 Å². The lowest BCUT2D eigenvalue weighted by molar-refractivity contribution is 0.00422. The second kappa shape index (κ2) is 8.35. The topological polar surface area (TPSA) is 24.5 Å². The molecular weight excluding hydrogens is 248 g/mol. The van der Waals surface area contributed by atoms with Crippen molar-refractivity contribution in [1.29, 1.82) is 0 Å². The Balaban J connectivity index is 1.77. The molecule has 0 spiro atoms. The van der Waals surface area contributed by atoms with Gasteiger partial charge in [-0.1, -0.05) is 19.8 Å². The van der Waals surface area contributed by atoms with Crippen molar-refractivity contribution in [3.05, 3.63) is 0 Å². The molecule has 2 aliphatic rings. The van der Waals surface area contributed by atoms with Gasteiger partial charge < -0.3 is 15.0 Å². The average molecular weight is 282 g/mol. The van der Waals surface area contributed by atoms with Gasteiger partial charge in [0.05, 0.1) is 6.10 Å². The highest BCUT2D eigenvalue weighted by Gasteiger charge is 2.36. The molecule has 1 aliphatic heterocycles. The Labute approximate surface area is 125 Å². The maximum atomic E-state index is 5.77. The number of piperidine rings is 1. The lowest BCUT2D eigenvalue weighted by Crippen LogP contribution is -2.46. The van der Waals surface area contributed by atoms with Gasteiger partial charge in [-0.15, -0.1) is 0 Å². The molecule has 0 aromatic rings. The highest BCUT2D eigenvalue weighted by atomic mass is 16.5. The number of rotatable bonds is 8. The predicted molar refractivity (Wildman–Crippen MR) is 85.1 cm³/mol. The van der Waals surface area contributed by atoms with E-state index in [0.717, 1.165) is 6.61 Å². The Morgan fingerprint density at radius 2 is 1.85 bits per heavy atom. The Hall–Kier alpha value is -0.120. The standard InChI is InChI=1S/C17H34N2O/c1-3-11-18-14-17(9-5-6-10-17)15-19-12-7-16(8-13-19)20-4-2/h16,18H,3-15H2,1-2H3. The van der Waals surface area contributed by atoms with Crippen molar-refractivity contribution in [2.24, 2.45) is 5.41 Å². The maximum Gasteiger partial charge on any atom is 0.0599 e. The fraction of sp³-hybridized carbons (Fsp3) is 1.00. The number of nitrogens with one attached hydrogen (secondary N) is 1. The summed E-state index contributed by atoms with van der Waals surface area (Å²) in [5.41, 5.74) is 0.563. The van der Waals surface area contributed by atoms with Gasteiger partial charge in [0.25, 0.3) is 0 Å². The summed E-state index contributed by atoms with van der Waals surface area (Å²) in [5.74, 6) is 0. The summed E-state index contributed by atoms with van der Waals surface area (Å²) in [6.45, 7) is 11.4. The van der Waals surface area contributed by atoms with Crippen LogP contribution in [0.5, 0.6) is 0 Å². The fourth-order valence-electron chi connectivity index (χ4n) is 3.99. The van der Waals surface area contributed by atoms with E-state index in [9.17, 15) is 0 Å². The van der Waals surface area contributed by atoms with Crippen LogP contribution in [0.15, 0.2) is 0 Å². The van der Waals surface area contributed by atoms with Crippen molar-refractivity contribution in [2.75, 3.05) is 39.3 Å². The van der Waals surface area contributed by atoms with E-state index in [0.29, 0.717) is 11.5 Å². The predicted octanol–water partition coefficient (Wildman–Crippen LogP) is 3.05. The molecule has 0 amide bonds. The summed E-state index contributed by atoms with van der Waals surface area (Å²) < 4.78 is 5.77. The molecule has 1 heterocycles. The van der Waals surface area contributed by atoms with Crippen molar-refractivity contribution in [1.82, 2.24) is 10.2 Å². The molecule has 0 aromatic carbocycles. The van der Waals surface area contributed by atoms with Crippen molar-refractivity contribution in [3.63, 3.8) is 0 Å². The zero-order chi connectivity index (χ0) is 14.3. The number of hydrogen-bond acceptors (Lipinski definition) is 3. The number of nitrogens with zero attached hydrogens (tertiary/aromatic N) is 1. The van der Waals surface area contributed by atoms with Crippen LogP contribution in [-0.4, -0.2) is 50.3 Å². The molecule has 20 heavy (non-hydrogen) atoms. The molecule has 0 bridgehead atoms. The summed E-state index contributed by atoms with van der Waals surface area (Å²) >= 11 is 0. The number of ether oxygens (including phenoxy) is 1. The van der Waals surface area contributed by atoms with Gasteiger partial charge in [0.1, 0.15) is 0 Å². The van der Waals surface area contributed by atoms with Gasteiger partial charge >= 0.3 is 0 Å². The number of likely N-dealkylation sites (tertiary alicyclic amines) is 1. The molecule has 3 nitrogen and oxygen atoms in total. The summed E-state index contributed by atoms with van der Waals surface area (Å²) in [7, 11) is 0. The minimum absolute atomic E-state index is 0.522. The first-order valence-corrected chi connectivity index (χ1v) is 8.83.